The van der Waals surface area contributed by atoms with Crippen LogP contribution in [0.2, 0.25) is 5.02 Å². The summed E-state index contributed by atoms with van der Waals surface area (Å²) in [7, 11) is 1.93. The zero-order chi connectivity index (χ0) is 15.4. The minimum Gasteiger partial charge on any atom is -0.444 e. The first kappa shape index (κ1) is 14.7. The zero-order valence-corrected chi connectivity index (χ0v) is 13.7. The van der Waals surface area contributed by atoms with Crippen LogP contribution >= 0.6 is 11.6 Å². The Bertz CT molecular complexity index is 544. The molecular formula is C15H22ClN3O2. The fourth-order valence-corrected chi connectivity index (χ4v) is 3.68. The summed E-state index contributed by atoms with van der Waals surface area (Å²) in [5, 5.41) is 4.96. The van der Waals surface area contributed by atoms with Gasteiger partial charge in [-0.25, -0.2) is 4.79 Å². The lowest BCUT2D eigenvalue weighted by Crippen LogP contribution is -2.42. The van der Waals surface area contributed by atoms with E-state index in [-0.39, 0.29) is 6.09 Å². The van der Waals surface area contributed by atoms with Crippen LogP contribution in [0.3, 0.4) is 0 Å². The highest BCUT2D eigenvalue weighted by Crippen LogP contribution is 2.52. The maximum Gasteiger partial charge on any atom is 0.410 e. The van der Waals surface area contributed by atoms with Crippen molar-refractivity contribution in [3.05, 3.63) is 16.9 Å². The van der Waals surface area contributed by atoms with Crippen molar-refractivity contribution in [1.82, 2.24) is 14.7 Å². The van der Waals surface area contributed by atoms with E-state index < -0.39 is 5.60 Å². The second kappa shape index (κ2) is 4.90. The third-order valence-electron chi connectivity index (χ3n) is 4.32. The molecule has 0 radical (unpaired) electrons. The van der Waals surface area contributed by atoms with Gasteiger partial charge in [-0.05, 0) is 39.5 Å². The molecule has 0 aromatic carbocycles. The lowest BCUT2D eigenvalue weighted by atomic mass is 9.92. The Morgan fingerprint density at radius 3 is 2.76 bits per heavy atom. The molecule has 1 saturated heterocycles. The summed E-state index contributed by atoms with van der Waals surface area (Å²) >= 11 is 6.26. The van der Waals surface area contributed by atoms with Crippen molar-refractivity contribution in [2.45, 2.75) is 51.2 Å². The number of ether oxygens (including phenoxy) is 1. The minimum atomic E-state index is -0.441. The van der Waals surface area contributed by atoms with Crippen LogP contribution < -0.4 is 0 Å². The van der Waals surface area contributed by atoms with Crippen molar-refractivity contribution in [3.8, 4) is 0 Å². The van der Waals surface area contributed by atoms with Gasteiger partial charge in [0.25, 0.3) is 0 Å². The van der Waals surface area contributed by atoms with Crippen molar-refractivity contribution in [1.29, 1.82) is 0 Å². The molecule has 6 heteroatoms. The van der Waals surface area contributed by atoms with Gasteiger partial charge in [0.2, 0.25) is 0 Å². The number of nitrogens with zero attached hydrogens (tertiary/aromatic N) is 3. The second-order valence-electron chi connectivity index (χ2n) is 7.04. The van der Waals surface area contributed by atoms with Crippen LogP contribution in [0.4, 0.5) is 4.79 Å². The lowest BCUT2D eigenvalue weighted by molar-refractivity contribution is 0.0182. The molecule has 0 bridgehead atoms. The van der Waals surface area contributed by atoms with Crippen LogP contribution in [0.1, 0.15) is 45.2 Å². The molecule has 2 heterocycles. The van der Waals surface area contributed by atoms with E-state index in [0.29, 0.717) is 17.9 Å². The summed E-state index contributed by atoms with van der Waals surface area (Å²) in [6.07, 6.45) is 3.46. The van der Waals surface area contributed by atoms with Crippen molar-refractivity contribution in [2.24, 2.45) is 13.0 Å². The molecule has 1 aromatic heterocycles. The fraction of sp³-hybridized carbons (Fsp3) is 0.733. The van der Waals surface area contributed by atoms with Gasteiger partial charge in [-0.2, -0.15) is 5.10 Å². The number of rotatable bonds is 1. The summed E-state index contributed by atoms with van der Waals surface area (Å²) < 4.78 is 7.36. The van der Waals surface area contributed by atoms with E-state index in [2.05, 4.69) is 5.10 Å². The highest BCUT2D eigenvalue weighted by Gasteiger charge is 2.53. The van der Waals surface area contributed by atoms with Crippen LogP contribution in [0.15, 0.2) is 6.20 Å². The number of carbonyl (C=O) groups is 1. The van der Waals surface area contributed by atoms with Gasteiger partial charge in [-0.3, -0.25) is 4.68 Å². The van der Waals surface area contributed by atoms with E-state index in [0.717, 1.165) is 30.1 Å². The predicted octanol–water partition coefficient (Wildman–Crippen LogP) is 3.19. The average Bonchev–Trinajstić information content (AvgIpc) is 3.08. The summed E-state index contributed by atoms with van der Waals surface area (Å²) in [5.41, 5.74) is 0.664. The van der Waals surface area contributed by atoms with Gasteiger partial charge in [-0.1, -0.05) is 11.6 Å². The van der Waals surface area contributed by atoms with Crippen LogP contribution in [-0.4, -0.2) is 39.0 Å². The van der Waals surface area contributed by atoms with Gasteiger partial charge < -0.3 is 9.64 Å². The number of piperidine rings is 1. The van der Waals surface area contributed by atoms with Crippen LogP contribution in [0.25, 0.3) is 0 Å². The quantitative estimate of drug-likeness (QED) is 0.800. The van der Waals surface area contributed by atoms with Crippen molar-refractivity contribution in [2.75, 3.05) is 6.54 Å². The molecule has 0 spiro atoms. The number of amides is 1. The van der Waals surface area contributed by atoms with Crippen LogP contribution in [0, 0.1) is 5.92 Å². The van der Waals surface area contributed by atoms with E-state index in [1.54, 1.807) is 6.20 Å². The van der Waals surface area contributed by atoms with Crippen LogP contribution in [0.5, 0.6) is 0 Å². The molecule has 1 saturated carbocycles. The predicted molar refractivity (Wildman–Crippen MR) is 80.4 cm³/mol. The van der Waals surface area contributed by atoms with Gasteiger partial charge in [-0.15, -0.1) is 0 Å². The number of carbonyl (C=O) groups excluding carboxylic acids is 1. The molecule has 1 amide bonds. The summed E-state index contributed by atoms with van der Waals surface area (Å²) in [6.45, 7) is 6.43. The maximum absolute atomic E-state index is 12.2. The summed E-state index contributed by atoms with van der Waals surface area (Å²) in [5.74, 6) is 0.882. The summed E-state index contributed by atoms with van der Waals surface area (Å²) in [4.78, 5) is 14.1. The standard InChI is InChI=1S/C15H22ClN3O2/c1-15(2,3)21-14(20)19-6-5-9(10-7-12(10)19)13-11(16)8-17-18(13)4/h8-10,12H,5-7H2,1-4H3. The Hall–Kier alpha value is -1.23. The van der Waals surface area contributed by atoms with Crippen molar-refractivity contribution >= 4 is 17.7 Å². The van der Waals surface area contributed by atoms with Gasteiger partial charge in [0.05, 0.1) is 16.9 Å². The number of hydrogen-bond acceptors (Lipinski definition) is 3. The highest BCUT2D eigenvalue weighted by molar-refractivity contribution is 6.31. The number of halogens is 1. The van der Waals surface area contributed by atoms with E-state index in [1.165, 1.54) is 0 Å². The molecule has 21 heavy (non-hydrogen) atoms. The second-order valence-corrected chi connectivity index (χ2v) is 7.44. The average molecular weight is 312 g/mol. The largest absolute Gasteiger partial charge is 0.444 e. The summed E-state index contributed by atoms with van der Waals surface area (Å²) in [6, 6.07) is 0.296. The molecule has 1 aliphatic heterocycles. The Kier molecular flexibility index (Phi) is 3.43. The topological polar surface area (TPSA) is 47.4 Å². The first-order valence-electron chi connectivity index (χ1n) is 7.45. The Morgan fingerprint density at radius 1 is 1.48 bits per heavy atom. The van der Waals surface area contributed by atoms with Crippen molar-refractivity contribution in [3.63, 3.8) is 0 Å². The zero-order valence-electron chi connectivity index (χ0n) is 13.0. The molecule has 3 rings (SSSR count). The smallest absolute Gasteiger partial charge is 0.410 e. The SMILES string of the molecule is Cn1ncc(Cl)c1C1CCN(C(=O)OC(C)(C)C)C2CC12. The third-order valence-corrected chi connectivity index (χ3v) is 4.61. The molecular weight excluding hydrogens is 290 g/mol. The fourth-order valence-electron chi connectivity index (χ4n) is 3.37. The molecule has 2 fully saturated rings. The normalized spacial score (nSPS) is 28.2. The number of aryl methyl sites for hydroxylation is 1. The molecule has 1 aromatic rings. The molecule has 2 aliphatic rings. The molecule has 5 nitrogen and oxygen atoms in total. The Morgan fingerprint density at radius 2 is 2.19 bits per heavy atom. The van der Waals surface area contributed by atoms with E-state index in [9.17, 15) is 4.79 Å². The molecule has 1 aliphatic carbocycles. The molecule has 0 N–H and O–H groups in total. The Labute approximate surface area is 130 Å². The van der Waals surface area contributed by atoms with Crippen LogP contribution in [-0.2, 0) is 11.8 Å². The number of fused-ring (bicyclic) bond motifs is 1. The van der Waals surface area contributed by atoms with Gasteiger partial charge in [0.15, 0.2) is 0 Å². The monoisotopic (exact) mass is 311 g/mol. The van der Waals surface area contributed by atoms with Crippen molar-refractivity contribution < 1.29 is 9.53 Å². The number of aromatic nitrogens is 2. The highest BCUT2D eigenvalue weighted by atomic mass is 35.5. The molecule has 116 valence electrons. The maximum atomic E-state index is 12.2. The van der Waals surface area contributed by atoms with E-state index in [4.69, 9.17) is 16.3 Å². The lowest BCUT2D eigenvalue weighted by Gasteiger charge is -2.33. The minimum absolute atomic E-state index is 0.190. The van der Waals surface area contributed by atoms with E-state index in [1.807, 2.05) is 37.4 Å². The van der Waals surface area contributed by atoms with E-state index >= 15 is 0 Å². The number of hydrogen-bond donors (Lipinski definition) is 0. The Balaban J connectivity index is 1.70. The first-order valence-corrected chi connectivity index (χ1v) is 7.83. The number of likely N-dealkylation sites (tertiary alicyclic amines) is 1. The first-order chi connectivity index (χ1) is 9.78. The third kappa shape index (κ3) is 2.76. The van der Waals surface area contributed by atoms with Gasteiger partial charge in [0, 0.05) is 25.6 Å². The molecule has 3 atom stereocenters. The molecule has 3 unspecified atom stereocenters. The van der Waals surface area contributed by atoms with Gasteiger partial charge >= 0.3 is 6.09 Å². The van der Waals surface area contributed by atoms with Gasteiger partial charge in [0.1, 0.15) is 5.60 Å².